The summed E-state index contributed by atoms with van der Waals surface area (Å²) >= 11 is 5.92. The first-order chi connectivity index (χ1) is 8.88. The topological polar surface area (TPSA) is 0 Å². The molecule has 0 aliphatic carbocycles. The van der Waals surface area contributed by atoms with Gasteiger partial charge in [0.1, 0.15) is 11.6 Å². The third-order valence-corrected chi connectivity index (χ3v) is 3.33. The molecule has 0 radical (unpaired) electrons. The summed E-state index contributed by atoms with van der Waals surface area (Å²) < 4.78 is 27.3. The molecule has 0 bridgehead atoms. The molecule has 0 amide bonds. The molecule has 2 rings (SSSR count). The van der Waals surface area contributed by atoms with Crippen molar-refractivity contribution in [3.05, 3.63) is 58.1 Å². The van der Waals surface area contributed by atoms with Crippen molar-refractivity contribution in [2.75, 3.05) is 0 Å². The monoisotopic (exact) mass is 280 g/mol. The zero-order valence-electron chi connectivity index (χ0n) is 11.1. The van der Waals surface area contributed by atoms with Crippen LogP contribution in [0.4, 0.5) is 8.78 Å². The number of hydrogen-bond donors (Lipinski definition) is 0. The maximum atomic E-state index is 13.9. The molecule has 0 spiro atoms. The fraction of sp³-hybridized carbons (Fsp3) is 0.250. The number of benzene rings is 2. The lowest BCUT2D eigenvalue weighted by Crippen LogP contribution is -1.95. The van der Waals surface area contributed by atoms with E-state index < -0.39 is 5.82 Å². The van der Waals surface area contributed by atoms with E-state index in [1.54, 1.807) is 6.07 Å². The van der Waals surface area contributed by atoms with E-state index in [1.165, 1.54) is 18.2 Å². The molecule has 0 N–H and O–H groups in total. The average Bonchev–Trinajstić information content (AvgIpc) is 2.30. The highest BCUT2D eigenvalue weighted by Crippen LogP contribution is 2.32. The van der Waals surface area contributed by atoms with E-state index in [2.05, 4.69) is 0 Å². The van der Waals surface area contributed by atoms with Crippen molar-refractivity contribution in [2.24, 2.45) is 0 Å². The van der Waals surface area contributed by atoms with Crippen molar-refractivity contribution >= 4 is 11.6 Å². The molecule has 0 aromatic heterocycles. The highest BCUT2D eigenvalue weighted by Gasteiger charge is 2.13. The van der Waals surface area contributed by atoms with Crippen LogP contribution in [-0.2, 0) is 0 Å². The van der Waals surface area contributed by atoms with Gasteiger partial charge >= 0.3 is 0 Å². The summed E-state index contributed by atoms with van der Waals surface area (Å²) in [5.41, 5.74) is 2.81. The van der Waals surface area contributed by atoms with Crippen LogP contribution in [0.15, 0.2) is 30.3 Å². The summed E-state index contributed by atoms with van der Waals surface area (Å²) in [4.78, 5) is 0. The molecule has 0 unspecified atom stereocenters. The van der Waals surface area contributed by atoms with Crippen LogP contribution in [0.25, 0.3) is 11.1 Å². The Bertz CT molecular complexity index is 598. The van der Waals surface area contributed by atoms with Crippen molar-refractivity contribution < 1.29 is 8.78 Å². The molecule has 0 atom stereocenters. The first-order valence-electron chi connectivity index (χ1n) is 6.15. The molecule has 0 nitrogen and oxygen atoms in total. The van der Waals surface area contributed by atoms with Crippen LogP contribution in [0.3, 0.4) is 0 Å². The van der Waals surface area contributed by atoms with Crippen LogP contribution in [0.5, 0.6) is 0 Å². The summed E-state index contributed by atoms with van der Waals surface area (Å²) in [6.45, 7) is 5.62. The van der Waals surface area contributed by atoms with E-state index in [0.717, 1.165) is 11.1 Å². The Morgan fingerprint density at radius 3 is 2.16 bits per heavy atom. The summed E-state index contributed by atoms with van der Waals surface area (Å²) in [6.07, 6.45) is 0. The van der Waals surface area contributed by atoms with Gasteiger partial charge in [0.05, 0.1) is 5.02 Å². The molecule has 3 heteroatoms. The minimum Gasteiger partial charge on any atom is -0.207 e. The highest BCUT2D eigenvalue weighted by atomic mass is 35.5. The third-order valence-electron chi connectivity index (χ3n) is 3.05. The second kappa shape index (κ2) is 5.30. The number of rotatable bonds is 2. The van der Waals surface area contributed by atoms with Gasteiger partial charge < -0.3 is 0 Å². The van der Waals surface area contributed by atoms with Crippen LogP contribution in [0, 0.1) is 18.6 Å². The Labute approximate surface area is 117 Å². The van der Waals surface area contributed by atoms with E-state index in [1.807, 2.05) is 26.8 Å². The van der Waals surface area contributed by atoms with Gasteiger partial charge in [0.25, 0.3) is 0 Å². The van der Waals surface area contributed by atoms with Crippen LogP contribution in [-0.4, -0.2) is 0 Å². The van der Waals surface area contributed by atoms with Crippen molar-refractivity contribution in [3.8, 4) is 11.1 Å². The largest absolute Gasteiger partial charge is 0.207 e. The minimum atomic E-state index is -0.395. The first kappa shape index (κ1) is 14.0. The zero-order valence-corrected chi connectivity index (χ0v) is 11.9. The lowest BCUT2D eigenvalue weighted by Gasteiger charge is -2.12. The van der Waals surface area contributed by atoms with Gasteiger partial charge in [-0.05, 0) is 59.4 Å². The van der Waals surface area contributed by atoms with Gasteiger partial charge in [-0.3, -0.25) is 0 Å². The van der Waals surface area contributed by atoms with E-state index in [-0.39, 0.29) is 16.8 Å². The van der Waals surface area contributed by atoms with E-state index >= 15 is 0 Å². The minimum absolute atomic E-state index is 0.0205. The zero-order chi connectivity index (χ0) is 14.2. The highest BCUT2D eigenvalue weighted by molar-refractivity contribution is 6.31. The molecular formula is C16H15ClF2. The fourth-order valence-electron chi connectivity index (χ4n) is 2.10. The summed E-state index contributed by atoms with van der Waals surface area (Å²) in [5, 5.41) is 0.0723. The van der Waals surface area contributed by atoms with Crippen LogP contribution in [0.1, 0.15) is 30.9 Å². The Hall–Kier alpha value is -1.41. The van der Waals surface area contributed by atoms with Gasteiger partial charge in [0.2, 0.25) is 0 Å². The number of halogens is 3. The maximum absolute atomic E-state index is 13.9. The van der Waals surface area contributed by atoms with Gasteiger partial charge in [0.15, 0.2) is 0 Å². The molecule has 0 aliphatic heterocycles. The van der Waals surface area contributed by atoms with Crippen molar-refractivity contribution in [3.63, 3.8) is 0 Å². The molecule has 0 saturated carbocycles. The van der Waals surface area contributed by atoms with Crippen molar-refractivity contribution in [1.29, 1.82) is 0 Å². The fourth-order valence-corrected chi connectivity index (χ4v) is 2.33. The smallest absolute Gasteiger partial charge is 0.145 e. The quantitative estimate of drug-likeness (QED) is 0.660. The Kier molecular flexibility index (Phi) is 3.91. The standard InChI is InChI=1S/C16H15ClF2/c1-9(2)14-7-12(8-15(17)16(14)19)11-4-10(3)5-13(18)6-11/h4-9H,1-3H3. The van der Waals surface area contributed by atoms with E-state index in [9.17, 15) is 8.78 Å². The Balaban J connectivity index is 2.62. The predicted octanol–water partition coefficient (Wildman–Crippen LogP) is 5.72. The molecule has 0 fully saturated rings. The van der Waals surface area contributed by atoms with Gasteiger partial charge in [-0.15, -0.1) is 0 Å². The lowest BCUT2D eigenvalue weighted by atomic mass is 9.96. The van der Waals surface area contributed by atoms with E-state index in [0.29, 0.717) is 11.1 Å². The molecule has 19 heavy (non-hydrogen) atoms. The second-order valence-electron chi connectivity index (χ2n) is 5.03. The van der Waals surface area contributed by atoms with Crippen LogP contribution >= 0.6 is 11.6 Å². The van der Waals surface area contributed by atoms with Crippen LogP contribution < -0.4 is 0 Å². The van der Waals surface area contributed by atoms with Crippen molar-refractivity contribution in [2.45, 2.75) is 26.7 Å². The van der Waals surface area contributed by atoms with E-state index in [4.69, 9.17) is 11.6 Å². The van der Waals surface area contributed by atoms with Gasteiger partial charge in [-0.2, -0.15) is 0 Å². The molecule has 2 aromatic rings. The van der Waals surface area contributed by atoms with Crippen LogP contribution in [0.2, 0.25) is 5.02 Å². The maximum Gasteiger partial charge on any atom is 0.145 e. The van der Waals surface area contributed by atoms with Gasteiger partial charge in [-0.1, -0.05) is 31.5 Å². The summed E-state index contributed by atoms with van der Waals surface area (Å²) in [6, 6.07) is 8.02. The first-order valence-corrected chi connectivity index (χ1v) is 6.53. The Morgan fingerprint density at radius 2 is 1.58 bits per heavy atom. The lowest BCUT2D eigenvalue weighted by molar-refractivity contribution is 0.599. The normalized spacial score (nSPS) is 11.1. The van der Waals surface area contributed by atoms with Gasteiger partial charge in [0, 0.05) is 0 Å². The molecule has 0 aliphatic rings. The molecule has 100 valence electrons. The second-order valence-corrected chi connectivity index (χ2v) is 5.44. The summed E-state index contributed by atoms with van der Waals surface area (Å²) in [7, 11) is 0. The molecular weight excluding hydrogens is 266 g/mol. The SMILES string of the molecule is Cc1cc(F)cc(-c2cc(Cl)c(F)c(C(C)C)c2)c1. The Morgan fingerprint density at radius 1 is 0.947 bits per heavy atom. The number of hydrogen-bond acceptors (Lipinski definition) is 0. The van der Waals surface area contributed by atoms with Crippen molar-refractivity contribution in [1.82, 2.24) is 0 Å². The summed E-state index contributed by atoms with van der Waals surface area (Å²) in [5.74, 6) is -0.679. The average molecular weight is 281 g/mol. The predicted molar refractivity (Wildman–Crippen MR) is 75.6 cm³/mol. The van der Waals surface area contributed by atoms with Gasteiger partial charge in [-0.25, -0.2) is 8.78 Å². The number of aryl methyl sites for hydroxylation is 1. The molecule has 0 heterocycles. The molecule has 2 aromatic carbocycles. The molecule has 0 saturated heterocycles. The third kappa shape index (κ3) is 2.95.